The van der Waals surface area contributed by atoms with Gasteiger partial charge in [-0.25, -0.2) is 0 Å². The van der Waals surface area contributed by atoms with E-state index in [9.17, 15) is 4.79 Å². The van der Waals surface area contributed by atoms with Gasteiger partial charge in [0.2, 0.25) is 5.91 Å². The largest absolute Gasteiger partial charge is 0.340 e. The first-order valence-corrected chi connectivity index (χ1v) is 8.76. The molecule has 1 aliphatic heterocycles. The van der Waals surface area contributed by atoms with Gasteiger partial charge in [0, 0.05) is 31.2 Å². The first kappa shape index (κ1) is 15.8. The Labute approximate surface area is 138 Å². The Morgan fingerprint density at radius 2 is 1.68 bits per heavy atom. The van der Waals surface area contributed by atoms with Gasteiger partial charge in [-0.05, 0) is 43.5 Å². The van der Waals surface area contributed by atoms with Gasteiger partial charge in [0.15, 0.2) is 0 Å². The summed E-state index contributed by atoms with van der Waals surface area (Å²) in [6, 6.07) is 7.91. The number of piperazine rings is 1. The van der Waals surface area contributed by atoms with E-state index in [1.54, 1.807) is 0 Å². The highest BCUT2D eigenvalue weighted by atomic mass is 35.5. The minimum atomic E-state index is 0.0168. The highest BCUT2D eigenvalue weighted by Gasteiger charge is 2.35. The van der Waals surface area contributed by atoms with Crippen LogP contribution in [0.25, 0.3) is 0 Å². The third kappa shape index (κ3) is 3.47. The molecule has 1 unspecified atom stereocenters. The molecule has 2 aliphatic rings. The second-order valence-corrected chi connectivity index (χ2v) is 7.14. The molecule has 2 fully saturated rings. The molecule has 3 nitrogen and oxygen atoms in total. The molecule has 1 aliphatic carbocycles. The molecular weight excluding hydrogens is 296 g/mol. The maximum Gasteiger partial charge on any atom is 0.230 e. The summed E-state index contributed by atoms with van der Waals surface area (Å²) in [6.45, 7) is 3.66. The Morgan fingerprint density at radius 3 is 2.27 bits per heavy atom. The lowest BCUT2D eigenvalue weighted by molar-refractivity contribution is -0.135. The van der Waals surface area contributed by atoms with Crippen molar-refractivity contribution in [3.05, 3.63) is 34.9 Å². The molecule has 3 rings (SSSR count). The zero-order valence-corrected chi connectivity index (χ0v) is 14.1. The Morgan fingerprint density at radius 1 is 1.09 bits per heavy atom. The van der Waals surface area contributed by atoms with Crippen LogP contribution in [0.3, 0.4) is 0 Å². The highest BCUT2D eigenvalue weighted by molar-refractivity contribution is 6.30. The zero-order valence-electron chi connectivity index (χ0n) is 13.3. The maximum atomic E-state index is 13.2. The van der Waals surface area contributed by atoms with E-state index in [2.05, 4.69) is 16.8 Å². The molecule has 1 saturated carbocycles. The lowest BCUT2D eigenvalue weighted by Crippen LogP contribution is -2.49. The van der Waals surface area contributed by atoms with E-state index in [0.717, 1.165) is 36.8 Å². The topological polar surface area (TPSA) is 23.6 Å². The van der Waals surface area contributed by atoms with Crippen LogP contribution in [0.2, 0.25) is 5.02 Å². The summed E-state index contributed by atoms with van der Waals surface area (Å²) in [5, 5.41) is 0.737. The first-order valence-electron chi connectivity index (χ1n) is 8.38. The second-order valence-electron chi connectivity index (χ2n) is 6.70. The van der Waals surface area contributed by atoms with Crippen molar-refractivity contribution < 1.29 is 4.79 Å². The van der Waals surface area contributed by atoms with Crippen molar-refractivity contribution in [1.29, 1.82) is 0 Å². The van der Waals surface area contributed by atoms with Crippen molar-refractivity contribution in [2.75, 3.05) is 33.2 Å². The van der Waals surface area contributed by atoms with Crippen molar-refractivity contribution in [3.63, 3.8) is 0 Å². The molecule has 1 heterocycles. The Bertz CT molecular complexity index is 502. The molecule has 0 N–H and O–H groups in total. The molecule has 1 atom stereocenters. The predicted octanol–water partition coefficient (Wildman–Crippen LogP) is 3.39. The molecule has 1 aromatic carbocycles. The summed E-state index contributed by atoms with van der Waals surface area (Å²) in [5.41, 5.74) is 1.14. The summed E-state index contributed by atoms with van der Waals surface area (Å²) >= 11 is 6.02. The van der Waals surface area contributed by atoms with E-state index in [1.165, 1.54) is 25.7 Å². The van der Waals surface area contributed by atoms with Crippen molar-refractivity contribution in [3.8, 4) is 0 Å². The molecule has 0 aromatic heterocycles. The van der Waals surface area contributed by atoms with Crippen LogP contribution in [-0.2, 0) is 4.79 Å². The van der Waals surface area contributed by atoms with Crippen molar-refractivity contribution in [1.82, 2.24) is 9.80 Å². The summed E-state index contributed by atoms with van der Waals surface area (Å²) < 4.78 is 0. The molecule has 1 aromatic rings. The number of hydrogen-bond acceptors (Lipinski definition) is 2. The molecule has 0 radical (unpaired) electrons. The van der Waals surface area contributed by atoms with E-state index >= 15 is 0 Å². The number of carbonyl (C=O) groups is 1. The Balaban J connectivity index is 1.81. The smallest absolute Gasteiger partial charge is 0.230 e. The number of nitrogens with zero attached hydrogens (tertiary/aromatic N) is 2. The van der Waals surface area contributed by atoms with Crippen LogP contribution < -0.4 is 0 Å². The number of likely N-dealkylation sites (N-methyl/N-ethyl adjacent to an activating group) is 1. The standard InChI is InChI=1S/C18H25ClN2O/c1-20-10-12-21(13-11-20)18(22)17(14-4-2-3-5-14)15-6-8-16(19)9-7-15/h6-9,14,17H,2-5,10-13H2,1H3. The predicted molar refractivity (Wildman–Crippen MR) is 90.2 cm³/mol. The maximum absolute atomic E-state index is 13.2. The number of halogens is 1. The minimum Gasteiger partial charge on any atom is -0.340 e. The van der Waals surface area contributed by atoms with Crippen LogP contribution in [-0.4, -0.2) is 48.9 Å². The summed E-state index contributed by atoms with van der Waals surface area (Å²) in [5.74, 6) is 0.832. The van der Waals surface area contributed by atoms with Crippen molar-refractivity contribution in [2.24, 2.45) is 5.92 Å². The number of rotatable bonds is 3. The molecule has 22 heavy (non-hydrogen) atoms. The van der Waals surface area contributed by atoms with Gasteiger partial charge in [0.25, 0.3) is 0 Å². The van der Waals surface area contributed by atoms with Crippen molar-refractivity contribution in [2.45, 2.75) is 31.6 Å². The molecular formula is C18H25ClN2O. The van der Waals surface area contributed by atoms with Gasteiger partial charge < -0.3 is 9.80 Å². The van der Waals surface area contributed by atoms with Gasteiger partial charge in [0.05, 0.1) is 5.92 Å². The van der Waals surface area contributed by atoms with E-state index in [-0.39, 0.29) is 5.92 Å². The molecule has 1 saturated heterocycles. The van der Waals surface area contributed by atoms with Crippen LogP contribution >= 0.6 is 11.6 Å². The third-order valence-corrected chi connectivity index (χ3v) is 5.43. The Kier molecular flexibility index (Phi) is 5.04. The fourth-order valence-corrected chi connectivity index (χ4v) is 3.93. The van der Waals surface area contributed by atoms with Crippen LogP contribution in [0.1, 0.15) is 37.2 Å². The summed E-state index contributed by atoms with van der Waals surface area (Å²) in [7, 11) is 2.12. The van der Waals surface area contributed by atoms with Gasteiger partial charge >= 0.3 is 0 Å². The number of amides is 1. The minimum absolute atomic E-state index is 0.0168. The zero-order chi connectivity index (χ0) is 15.5. The van der Waals surface area contributed by atoms with E-state index in [1.807, 2.05) is 24.3 Å². The van der Waals surface area contributed by atoms with Crippen LogP contribution in [0, 0.1) is 5.92 Å². The molecule has 120 valence electrons. The lowest BCUT2D eigenvalue weighted by Gasteiger charge is -2.36. The number of carbonyl (C=O) groups excluding carboxylic acids is 1. The van der Waals surface area contributed by atoms with E-state index in [0.29, 0.717) is 11.8 Å². The van der Waals surface area contributed by atoms with Gasteiger partial charge in [-0.15, -0.1) is 0 Å². The van der Waals surface area contributed by atoms with Gasteiger partial charge in [-0.3, -0.25) is 4.79 Å². The van der Waals surface area contributed by atoms with Crippen LogP contribution in [0.5, 0.6) is 0 Å². The monoisotopic (exact) mass is 320 g/mol. The average Bonchev–Trinajstić information content (AvgIpc) is 3.04. The highest BCUT2D eigenvalue weighted by Crippen LogP contribution is 2.39. The van der Waals surface area contributed by atoms with Crippen LogP contribution in [0.4, 0.5) is 0 Å². The third-order valence-electron chi connectivity index (χ3n) is 5.18. The quantitative estimate of drug-likeness (QED) is 0.852. The molecule has 0 spiro atoms. The van der Waals surface area contributed by atoms with Gasteiger partial charge in [-0.1, -0.05) is 36.6 Å². The second kappa shape index (κ2) is 7.01. The van der Waals surface area contributed by atoms with E-state index < -0.39 is 0 Å². The fourth-order valence-electron chi connectivity index (χ4n) is 3.80. The normalized spacial score (nSPS) is 22.0. The fraction of sp³-hybridized carbons (Fsp3) is 0.611. The van der Waals surface area contributed by atoms with E-state index in [4.69, 9.17) is 11.6 Å². The first-order chi connectivity index (χ1) is 10.6. The molecule has 4 heteroatoms. The number of benzene rings is 1. The van der Waals surface area contributed by atoms with Gasteiger partial charge in [0.1, 0.15) is 0 Å². The lowest BCUT2D eigenvalue weighted by atomic mass is 9.83. The molecule has 0 bridgehead atoms. The van der Waals surface area contributed by atoms with Crippen LogP contribution in [0.15, 0.2) is 24.3 Å². The number of hydrogen-bond donors (Lipinski definition) is 0. The van der Waals surface area contributed by atoms with Crippen molar-refractivity contribution >= 4 is 17.5 Å². The Hall–Kier alpha value is -1.06. The average molecular weight is 321 g/mol. The van der Waals surface area contributed by atoms with Gasteiger partial charge in [-0.2, -0.15) is 0 Å². The summed E-state index contributed by atoms with van der Waals surface area (Å²) in [6.07, 6.45) is 4.86. The molecule has 1 amide bonds. The SMILES string of the molecule is CN1CCN(C(=O)C(c2ccc(Cl)cc2)C2CCCC2)CC1. The summed E-state index contributed by atoms with van der Waals surface area (Å²) in [4.78, 5) is 17.5.